The molecule has 6 heteroatoms. The zero-order chi connectivity index (χ0) is 19.4. The molecular weight excluding hydrogens is 364 g/mol. The maximum absolute atomic E-state index is 12.5. The zero-order valence-electron chi connectivity index (χ0n) is 15.3. The van der Waals surface area contributed by atoms with E-state index in [9.17, 15) is 9.70 Å². The Bertz CT molecular complexity index is 849. The average molecular weight is 387 g/mol. The number of ketones is 1. The third kappa shape index (κ3) is 4.66. The van der Waals surface area contributed by atoms with E-state index in [-0.39, 0.29) is 29.0 Å². The van der Waals surface area contributed by atoms with Gasteiger partial charge in [0, 0.05) is 24.1 Å². The van der Waals surface area contributed by atoms with E-state index in [0.717, 1.165) is 37.7 Å². The predicted molar refractivity (Wildman–Crippen MR) is 109 cm³/mol. The first-order valence-electron chi connectivity index (χ1n) is 9.19. The van der Waals surface area contributed by atoms with E-state index in [1.807, 2.05) is 13.0 Å². The molecule has 2 aliphatic rings. The Morgan fingerprint density at radius 2 is 1.96 bits per heavy atom. The van der Waals surface area contributed by atoms with Gasteiger partial charge >= 0.3 is 0 Å². The number of nitrogen functional groups attached to an aromatic ring is 1. The number of nitrogens with two attached hydrogens (primary N) is 1. The molecule has 0 saturated heterocycles. The maximum Gasteiger partial charge on any atom is 0.159 e. The summed E-state index contributed by atoms with van der Waals surface area (Å²) in [5.74, 6) is 0.589. The number of hydrogen-bond donors (Lipinski definition) is 1. The molecule has 1 atom stereocenters. The van der Waals surface area contributed by atoms with Crippen molar-refractivity contribution in [3.05, 3.63) is 57.0 Å². The summed E-state index contributed by atoms with van der Waals surface area (Å²) < 4.78 is 6.24. The van der Waals surface area contributed by atoms with Crippen molar-refractivity contribution in [3.8, 4) is 0 Å². The van der Waals surface area contributed by atoms with Gasteiger partial charge in [0.2, 0.25) is 0 Å². The molecule has 1 saturated carbocycles. The maximum atomic E-state index is 12.5. The van der Waals surface area contributed by atoms with E-state index in [0.29, 0.717) is 22.6 Å². The van der Waals surface area contributed by atoms with Crippen molar-refractivity contribution in [2.24, 2.45) is 5.18 Å². The fraction of sp³-hybridized carbons (Fsp3) is 0.381. The number of ether oxygens (including phenoxy) is 1. The zero-order valence-corrected chi connectivity index (χ0v) is 16.1. The highest BCUT2D eigenvalue weighted by atomic mass is 35.5. The summed E-state index contributed by atoms with van der Waals surface area (Å²) in [6.07, 6.45) is 11.9. The van der Waals surface area contributed by atoms with Gasteiger partial charge in [0.1, 0.15) is 11.4 Å². The predicted octanol–water partition coefficient (Wildman–Crippen LogP) is 5.64. The fourth-order valence-corrected chi connectivity index (χ4v) is 3.38. The van der Waals surface area contributed by atoms with Crippen LogP contribution in [0.5, 0.6) is 0 Å². The largest absolute Gasteiger partial charge is 0.490 e. The monoisotopic (exact) mass is 386 g/mol. The third-order valence-electron chi connectivity index (χ3n) is 4.63. The number of allylic oxidation sites excluding steroid dienone is 4. The minimum Gasteiger partial charge on any atom is -0.490 e. The topological polar surface area (TPSA) is 81.8 Å². The second kappa shape index (κ2) is 8.53. The van der Waals surface area contributed by atoms with Gasteiger partial charge in [-0.2, -0.15) is 0 Å². The lowest BCUT2D eigenvalue weighted by molar-refractivity contribution is -0.114. The number of halogens is 1. The van der Waals surface area contributed by atoms with Crippen molar-refractivity contribution < 1.29 is 9.53 Å². The molecule has 3 rings (SSSR count). The first-order chi connectivity index (χ1) is 13.0. The molecule has 0 amide bonds. The Morgan fingerprint density at radius 1 is 1.22 bits per heavy atom. The van der Waals surface area contributed by atoms with Gasteiger partial charge in [-0.15, -0.1) is 4.91 Å². The van der Waals surface area contributed by atoms with Crippen LogP contribution in [0, 0.1) is 4.91 Å². The summed E-state index contributed by atoms with van der Waals surface area (Å²) in [4.78, 5) is 23.6. The number of anilines is 1. The average Bonchev–Trinajstić information content (AvgIpc) is 3.47. The highest BCUT2D eigenvalue weighted by Crippen LogP contribution is 2.45. The smallest absolute Gasteiger partial charge is 0.159 e. The summed E-state index contributed by atoms with van der Waals surface area (Å²) in [7, 11) is 0. The first-order valence-corrected chi connectivity index (χ1v) is 9.56. The first kappa shape index (κ1) is 19.4. The summed E-state index contributed by atoms with van der Waals surface area (Å²) in [5.41, 5.74) is 8.93. The number of benzene rings is 1. The van der Waals surface area contributed by atoms with Crippen LogP contribution in [0.25, 0.3) is 5.76 Å². The van der Waals surface area contributed by atoms with Gasteiger partial charge in [-0.1, -0.05) is 29.8 Å². The molecule has 0 radical (unpaired) electrons. The number of nitroso groups, excluding NO2 is 1. The van der Waals surface area contributed by atoms with Crippen molar-refractivity contribution >= 4 is 34.5 Å². The summed E-state index contributed by atoms with van der Waals surface area (Å²) in [6.45, 7) is 2.00. The molecule has 1 heterocycles. The number of carbonyl (C=O) groups is 1. The van der Waals surface area contributed by atoms with E-state index >= 15 is 0 Å². The standard InChI is InChI=1S/C21H23ClN2O3/c1-13-7-5-3-2-4-6-8-15(25)11-16-19(21(27-13)14-9-10-14)17(23)12-18(24-26)20(16)22/h3,5-6,8,12-13H,2,4,7,9-11,23H2,1H3/b5-3+,8-6+/t13-/m1/s1. The van der Waals surface area contributed by atoms with Crippen LogP contribution in [0.1, 0.15) is 50.2 Å². The van der Waals surface area contributed by atoms with E-state index in [1.165, 1.54) is 6.07 Å². The molecule has 0 spiro atoms. The second-order valence-corrected chi connectivity index (χ2v) is 7.31. The minimum absolute atomic E-state index is 0.0435. The molecule has 5 nitrogen and oxygen atoms in total. The van der Waals surface area contributed by atoms with Crippen LogP contribution in [0.3, 0.4) is 0 Å². The number of carbonyl (C=O) groups excluding carboxylic acids is 1. The van der Waals surface area contributed by atoms with Crippen LogP contribution < -0.4 is 5.73 Å². The van der Waals surface area contributed by atoms with Crippen molar-refractivity contribution in [1.82, 2.24) is 0 Å². The molecule has 0 aromatic heterocycles. The van der Waals surface area contributed by atoms with Crippen molar-refractivity contribution in [1.29, 1.82) is 0 Å². The lowest BCUT2D eigenvalue weighted by Crippen LogP contribution is -2.12. The summed E-state index contributed by atoms with van der Waals surface area (Å²) >= 11 is 6.43. The third-order valence-corrected chi connectivity index (χ3v) is 5.05. The molecule has 27 heavy (non-hydrogen) atoms. The Kier molecular flexibility index (Phi) is 6.11. The van der Waals surface area contributed by atoms with Crippen molar-refractivity contribution in [2.75, 3.05) is 5.73 Å². The van der Waals surface area contributed by atoms with Gasteiger partial charge in [-0.3, -0.25) is 4.79 Å². The molecule has 1 aliphatic heterocycles. The Balaban J connectivity index is 2.15. The lowest BCUT2D eigenvalue weighted by atomic mass is 9.96. The van der Waals surface area contributed by atoms with E-state index in [2.05, 4.69) is 17.3 Å². The van der Waals surface area contributed by atoms with Crippen LogP contribution >= 0.6 is 11.6 Å². The van der Waals surface area contributed by atoms with Gasteiger partial charge in [-0.05, 0) is 61.1 Å². The summed E-state index contributed by atoms with van der Waals surface area (Å²) in [5, 5.41) is 3.13. The number of rotatable bonds is 1. The van der Waals surface area contributed by atoms with Crippen molar-refractivity contribution in [3.63, 3.8) is 0 Å². The summed E-state index contributed by atoms with van der Waals surface area (Å²) in [6, 6.07) is 1.45. The fourth-order valence-electron chi connectivity index (χ4n) is 3.13. The lowest BCUT2D eigenvalue weighted by Gasteiger charge is -2.21. The highest BCUT2D eigenvalue weighted by molar-refractivity contribution is 6.34. The number of nitrogens with zero attached hydrogens (tertiary/aromatic N) is 1. The van der Waals surface area contributed by atoms with E-state index in [1.54, 1.807) is 6.08 Å². The Hall–Kier alpha value is -2.40. The molecule has 0 bridgehead atoms. The molecular formula is C21H23ClN2O3. The molecule has 2 N–H and O–H groups in total. The van der Waals surface area contributed by atoms with Gasteiger partial charge < -0.3 is 10.5 Å². The molecule has 142 valence electrons. The molecule has 0 unspecified atom stereocenters. The van der Waals surface area contributed by atoms with E-state index in [4.69, 9.17) is 22.1 Å². The van der Waals surface area contributed by atoms with Crippen LogP contribution in [-0.2, 0) is 16.0 Å². The number of hydrogen-bond acceptors (Lipinski definition) is 5. The van der Waals surface area contributed by atoms with E-state index < -0.39 is 0 Å². The quantitative estimate of drug-likeness (QED) is 0.384. The van der Waals surface area contributed by atoms with Gasteiger partial charge in [-0.25, -0.2) is 0 Å². The SMILES string of the molecule is C[C@@H]1C/C=C/CC/C=C/C(=O)Cc2c(Cl)c(N=O)cc(N)c2C(=C2CC2)O1. The van der Waals surface area contributed by atoms with Gasteiger partial charge in [0.05, 0.1) is 11.1 Å². The normalized spacial score (nSPS) is 23.0. The minimum atomic E-state index is -0.102. The highest BCUT2D eigenvalue weighted by Gasteiger charge is 2.28. The molecule has 1 fully saturated rings. The molecule has 1 aromatic carbocycles. The van der Waals surface area contributed by atoms with Gasteiger partial charge in [0.15, 0.2) is 5.78 Å². The molecule has 1 aliphatic carbocycles. The van der Waals surface area contributed by atoms with Crippen LogP contribution in [0.15, 0.2) is 41.1 Å². The van der Waals surface area contributed by atoms with Crippen molar-refractivity contribution in [2.45, 2.75) is 51.6 Å². The number of fused-ring (bicyclic) bond motifs is 1. The Morgan fingerprint density at radius 3 is 2.67 bits per heavy atom. The van der Waals surface area contributed by atoms with Crippen LogP contribution in [0.4, 0.5) is 11.4 Å². The Labute approximate surface area is 163 Å². The van der Waals surface area contributed by atoms with Crippen LogP contribution in [0.2, 0.25) is 5.02 Å². The van der Waals surface area contributed by atoms with Gasteiger partial charge in [0.25, 0.3) is 0 Å². The molecule has 1 aromatic rings. The van der Waals surface area contributed by atoms with Crippen LogP contribution in [-0.4, -0.2) is 11.9 Å². The second-order valence-electron chi connectivity index (χ2n) is 6.93.